The molecule has 160 valence electrons. The van der Waals surface area contributed by atoms with Gasteiger partial charge in [0, 0.05) is 12.1 Å². The van der Waals surface area contributed by atoms with Crippen molar-refractivity contribution in [3.05, 3.63) is 58.3 Å². The van der Waals surface area contributed by atoms with Gasteiger partial charge in [-0.25, -0.2) is 0 Å². The van der Waals surface area contributed by atoms with Crippen molar-refractivity contribution in [1.29, 1.82) is 0 Å². The van der Waals surface area contributed by atoms with Crippen molar-refractivity contribution in [2.45, 2.75) is 26.1 Å². The molecule has 1 amide bonds. The van der Waals surface area contributed by atoms with E-state index < -0.39 is 23.2 Å². The number of rotatable bonds is 4. The number of aromatic nitrogens is 5. The summed E-state index contributed by atoms with van der Waals surface area (Å²) in [6, 6.07) is 5.42. The maximum absolute atomic E-state index is 12.8. The predicted molar refractivity (Wildman–Crippen MR) is 102 cm³/mol. The lowest BCUT2D eigenvalue weighted by Gasteiger charge is -2.08. The van der Waals surface area contributed by atoms with Crippen molar-refractivity contribution in [2.75, 3.05) is 0 Å². The molecule has 2 N–H and O–H groups in total. The number of nitrogens with zero attached hydrogens (tertiary/aromatic N) is 4. The number of amides is 1. The molecule has 0 saturated carbocycles. The molecule has 0 bridgehead atoms. The van der Waals surface area contributed by atoms with Crippen LogP contribution in [-0.2, 0) is 6.18 Å². The molecule has 3 heterocycles. The summed E-state index contributed by atoms with van der Waals surface area (Å²) in [6.07, 6.45) is -3.16. The molecule has 0 fully saturated rings. The Morgan fingerprint density at radius 2 is 1.90 bits per heavy atom. The van der Waals surface area contributed by atoms with Gasteiger partial charge < -0.3 is 14.7 Å². The SMILES string of the molecule is CC(C)NC(=O)c1nnc(-c2cnn3c(=O)cc(-c4ccc(C(F)(F)F)cc4)[nH]c23)o1. The molecule has 0 aliphatic carbocycles. The minimum absolute atomic E-state index is 0.0517. The summed E-state index contributed by atoms with van der Waals surface area (Å²) < 4.78 is 44.8. The highest BCUT2D eigenvalue weighted by Gasteiger charge is 2.30. The number of nitrogens with one attached hydrogen (secondary N) is 2. The number of carbonyl (C=O) groups is 1. The Morgan fingerprint density at radius 1 is 1.19 bits per heavy atom. The zero-order valence-electron chi connectivity index (χ0n) is 16.2. The van der Waals surface area contributed by atoms with E-state index in [2.05, 4.69) is 25.6 Å². The van der Waals surface area contributed by atoms with E-state index in [-0.39, 0.29) is 34.7 Å². The summed E-state index contributed by atoms with van der Waals surface area (Å²) in [7, 11) is 0. The minimum Gasteiger partial charge on any atom is -0.412 e. The van der Waals surface area contributed by atoms with Crippen LogP contribution in [0.2, 0.25) is 0 Å². The molecule has 0 aliphatic heterocycles. The number of fused-ring (bicyclic) bond motifs is 1. The Balaban J connectivity index is 1.75. The molecule has 0 radical (unpaired) electrons. The van der Waals surface area contributed by atoms with E-state index in [4.69, 9.17) is 4.42 Å². The fourth-order valence-corrected chi connectivity index (χ4v) is 2.88. The zero-order valence-corrected chi connectivity index (χ0v) is 16.2. The largest absolute Gasteiger partial charge is 0.416 e. The topological polar surface area (TPSA) is 118 Å². The van der Waals surface area contributed by atoms with Crippen molar-refractivity contribution < 1.29 is 22.4 Å². The first-order chi connectivity index (χ1) is 14.6. The first-order valence-electron chi connectivity index (χ1n) is 9.07. The highest BCUT2D eigenvalue weighted by atomic mass is 19.4. The lowest BCUT2D eigenvalue weighted by Crippen LogP contribution is -2.30. The summed E-state index contributed by atoms with van der Waals surface area (Å²) in [5, 5.41) is 14.1. The number of benzene rings is 1. The third-order valence-electron chi connectivity index (χ3n) is 4.29. The van der Waals surface area contributed by atoms with Crippen LogP contribution in [0.15, 0.2) is 45.7 Å². The van der Waals surface area contributed by atoms with Crippen LogP contribution in [0.25, 0.3) is 28.4 Å². The third kappa shape index (κ3) is 3.91. The Morgan fingerprint density at radius 3 is 2.55 bits per heavy atom. The Bertz CT molecular complexity index is 1320. The molecular weight excluding hydrogens is 417 g/mol. The average molecular weight is 432 g/mol. The molecule has 0 atom stereocenters. The quantitative estimate of drug-likeness (QED) is 0.512. The molecule has 31 heavy (non-hydrogen) atoms. The first-order valence-corrected chi connectivity index (χ1v) is 9.07. The lowest BCUT2D eigenvalue weighted by molar-refractivity contribution is -0.137. The summed E-state index contributed by atoms with van der Waals surface area (Å²) in [4.78, 5) is 27.4. The molecule has 1 aromatic carbocycles. The van der Waals surface area contributed by atoms with E-state index in [0.29, 0.717) is 5.56 Å². The summed E-state index contributed by atoms with van der Waals surface area (Å²) in [6.45, 7) is 3.54. The zero-order chi connectivity index (χ0) is 22.3. The van der Waals surface area contributed by atoms with Crippen molar-refractivity contribution in [1.82, 2.24) is 30.1 Å². The van der Waals surface area contributed by atoms with Gasteiger partial charge in [-0.05, 0) is 31.5 Å². The van der Waals surface area contributed by atoms with Gasteiger partial charge in [-0.1, -0.05) is 12.1 Å². The van der Waals surface area contributed by atoms with Crippen molar-refractivity contribution >= 4 is 11.6 Å². The summed E-state index contributed by atoms with van der Waals surface area (Å²) >= 11 is 0. The van der Waals surface area contributed by atoms with Gasteiger partial charge in [0.25, 0.3) is 11.4 Å². The van der Waals surface area contributed by atoms with Crippen LogP contribution < -0.4 is 10.9 Å². The van der Waals surface area contributed by atoms with E-state index in [1.165, 1.54) is 24.4 Å². The van der Waals surface area contributed by atoms with Gasteiger partial charge in [-0.3, -0.25) is 9.59 Å². The van der Waals surface area contributed by atoms with E-state index >= 15 is 0 Å². The second-order valence-corrected chi connectivity index (χ2v) is 6.96. The van der Waals surface area contributed by atoms with Crippen LogP contribution in [0.1, 0.15) is 30.1 Å². The van der Waals surface area contributed by atoms with Crippen LogP contribution in [-0.4, -0.2) is 36.7 Å². The highest BCUT2D eigenvalue weighted by molar-refractivity contribution is 5.90. The number of carbonyl (C=O) groups excluding carboxylic acids is 1. The van der Waals surface area contributed by atoms with Gasteiger partial charge in [-0.15, -0.1) is 10.2 Å². The van der Waals surface area contributed by atoms with Gasteiger partial charge in [0.15, 0.2) is 5.65 Å². The lowest BCUT2D eigenvalue weighted by atomic mass is 10.1. The normalized spacial score (nSPS) is 11.9. The van der Waals surface area contributed by atoms with Crippen LogP contribution in [0.5, 0.6) is 0 Å². The van der Waals surface area contributed by atoms with E-state index in [1.54, 1.807) is 13.8 Å². The fraction of sp³-hybridized carbons (Fsp3) is 0.211. The Kier molecular flexibility index (Phi) is 4.84. The number of H-pyrrole nitrogens is 1. The molecular formula is C19H15F3N6O3. The van der Waals surface area contributed by atoms with Crippen LogP contribution in [0.3, 0.4) is 0 Å². The van der Waals surface area contributed by atoms with Gasteiger partial charge in [0.05, 0.1) is 17.5 Å². The number of halogens is 3. The molecule has 9 nitrogen and oxygen atoms in total. The predicted octanol–water partition coefficient (Wildman–Crippen LogP) is 2.90. The smallest absolute Gasteiger partial charge is 0.412 e. The maximum atomic E-state index is 12.8. The molecule has 3 aromatic heterocycles. The van der Waals surface area contributed by atoms with E-state index in [9.17, 15) is 22.8 Å². The molecule has 12 heteroatoms. The number of hydrogen-bond acceptors (Lipinski definition) is 6. The maximum Gasteiger partial charge on any atom is 0.416 e. The van der Waals surface area contributed by atoms with Gasteiger partial charge in [0.2, 0.25) is 0 Å². The van der Waals surface area contributed by atoms with Crippen LogP contribution >= 0.6 is 0 Å². The molecule has 4 rings (SSSR count). The van der Waals surface area contributed by atoms with Gasteiger partial charge in [-0.2, -0.15) is 22.8 Å². The summed E-state index contributed by atoms with van der Waals surface area (Å²) in [5.74, 6) is -0.863. The first kappa shape index (κ1) is 20.3. The second kappa shape index (κ2) is 7.38. The molecule has 0 spiro atoms. The van der Waals surface area contributed by atoms with Crippen molar-refractivity contribution in [3.63, 3.8) is 0 Å². The van der Waals surface area contributed by atoms with E-state index in [0.717, 1.165) is 16.6 Å². The highest BCUT2D eigenvalue weighted by Crippen LogP contribution is 2.31. The molecule has 4 aromatic rings. The van der Waals surface area contributed by atoms with Gasteiger partial charge in [0.1, 0.15) is 5.56 Å². The number of alkyl halides is 3. The number of aromatic amines is 1. The monoisotopic (exact) mass is 432 g/mol. The Labute approximate surface area is 171 Å². The van der Waals surface area contributed by atoms with Crippen LogP contribution in [0.4, 0.5) is 13.2 Å². The second-order valence-electron chi connectivity index (χ2n) is 6.96. The van der Waals surface area contributed by atoms with E-state index in [1.807, 2.05) is 0 Å². The minimum atomic E-state index is -4.47. The summed E-state index contributed by atoms with van der Waals surface area (Å²) in [5.41, 5.74) is -0.258. The third-order valence-corrected chi connectivity index (χ3v) is 4.29. The standard InChI is InChI=1S/C19H15F3N6O3/c1-9(2)24-16(30)18-27-26-17(31-18)12-8-23-28-14(29)7-13(25-15(12)28)10-3-5-11(6-4-10)19(20,21)22/h3-9,25H,1-2H3,(H,24,30). The molecule has 0 aliphatic rings. The molecule has 0 unspecified atom stereocenters. The van der Waals surface area contributed by atoms with Crippen molar-refractivity contribution in [2.24, 2.45) is 0 Å². The van der Waals surface area contributed by atoms with Crippen LogP contribution in [0, 0.1) is 0 Å². The molecule has 0 saturated heterocycles. The number of hydrogen-bond donors (Lipinski definition) is 2. The average Bonchev–Trinajstić information content (AvgIpc) is 3.34. The van der Waals surface area contributed by atoms with Crippen molar-refractivity contribution in [3.8, 4) is 22.7 Å². The Hall–Kier alpha value is -3.96. The van der Waals surface area contributed by atoms with Gasteiger partial charge >= 0.3 is 18.0 Å². The fourth-order valence-electron chi connectivity index (χ4n) is 2.88.